The molecule has 0 aliphatic heterocycles. The molecule has 0 radical (unpaired) electrons. The van der Waals surface area contributed by atoms with E-state index in [9.17, 15) is 0 Å². The minimum atomic E-state index is 0.497. The highest BCUT2D eigenvalue weighted by Crippen LogP contribution is 2.35. The maximum absolute atomic E-state index is 6.37. The van der Waals surface area contributed by atoms with Gasteiger partial charge in [-0.15, -0.1) is 0 Å². The standard InChI is InChI=1S/C21H22Cl2N4OS/c1-4-27(3)13-24-18-11-14(2)19(12-17(18)23)28-21-25-20(26-29-21)10-7-15-5-8-16(22)9-6-15/h5-6,8-9,11-13H,4,7,10H2,1-3H3/b24-13-. The van der Waals surface area contributed by atoms with Gasteiger partial charge in [0.05, 0.1) is 17.0 Å². The van der Waals surface area contributed by atoms with E-state index in [4.69, 9.17) is 27.9 Å². The van der Waals surface area contributed by atoms with E-state index in [2.05, 4.69) is 21.3 Å². The van der Waals surface area contributed by atoms with E-state index in [0.29, 0.717) is 21.7 Å². The van der Waals surface area contributed by atoms with E-state index in [1.165, 1.54) is 17.1 Å². The van der Waals surface area contributed by atoms with Gasteiger partial charge in [-0.25, -0.2) is 4.99 Å². The summed E-state index contributed by atoms with van der Waals surface area (Å²) >= 11 is 13.5. The Bertz CT molecular complexity index is 989. The van der Waals surface area contributed by atoms with Crippen molar-refractivity contribution < 1.29 is 4.74 Å². The van der Waals surface area contributed by atoms with Gasteiger partial charge in [0.1, 0.15) is 11.6 Å². The molecular weight excluding hydrogens is 427 g/mol. The molecule has 0 amide bonds. The molecule has 0 aliphatic rings. The zero-order chi connectivity index (χ0) is 20.8. The summed E-state index contributed by atoms with van der Waals surface area (Å²) in [5.74, 6) is 1.41. The number of aryl methyl sites for hydroxylation is 3. The molecule has 0 fully saturated rings. The Morgan fingerprint density at radius 2 is 1.93 bits per heavy atom. The van der Waals surface area contributed by atoms with Crippen LogP contribution >= 0.6 is 34.7 Å². The Hall–Kier alpha value is -2.15. The van der Waals surface area contributed by atoms with Gasteiger partial charge in [0.15, 0.2) is 0 Å². The van der Waals surface area contributed by atoms with Gasteiger partial charge in [0.2, 0.25) is 0 Å². The second kappa shape index (κ2) is 10.1. The van der Waals surface area contributed by atoms with Crippen molar-refractivity contribution >= 4 is 46.8 Å². The molecule has 5 nitrogen and oxygen atoms in total. The first kappa shape index (κ1) is 21.6. The van der Waals surface area contributed by atoms with Gasteiger partial charge in [-0.3, -0.25) is 0 Å². The van der Waals surface area contributed by atoms with E-state index in [1.54, 1.807) is 12.4 Å². The number of hydrogen-bond donors (Lipinski definition) is 0. The number of halogens is 2. The van der Waals surface area contributed by atoms with Gasteiger partial charge < -0.3 is 9.64 Å². The molecule has 152 valence electrons. The monoisotopic (exact) mass is 448 g/mol. The van der Waals surface area contributed by atoms with E-state index < -0.39 is 0 Å². The Labute approximate surface area is 185 Å². The molecule has 1 heterocycles. The quantitative estimate of drug-likeness (QED) is 0.297. The lowest BCUT2D eigenvalue weighted by atomic mass is 10.1. The van der Waals surface area contributed by atoms with Crippen LogP contribution in [0.4, 0.5) is 5.69 Å². The number of rotatable bonds is 8. The minimum Gasteiger partial charge on any atom is -0.430 e. The van der Waals surface area contributed by atoms with Crippen molar-refractivity contribution in [2.24, 2.45) is 4.99 Å². The van der Waals surface area contributed by atoms with Gasteiger partial charge in [0, 0.05) is 42.6 Å². The predicted molar refractivity (Wildman–Crippen MR) is 121 cm³/mol. The third-order valence-electron chi connectivity index (χ3n) is 4.33. The van der Waals surface area contributed by atoms with Crippen molar-refractivity contribution in [1.82, 2.24) is 14.3 Å². The second-order valence-electron chi connectivity index (χ2n) is 6.59. The zero-order valence-corrected chi connectivity index (χ0v) is 18.9. The molecule has 1 aromatic heterocycles. The average Bonchev–Trinajstić information content (AvgIpc) is 3.16. The number of aliphatic imine (C=N–C) groups is 1. The molecule has 3 rings (SSSR count). The first-order chi connectivity index (χ1) is 13.9. The number of nitrogens with zero attached hydrogens (tertiary/aromatic N) is 4. The molecule has 8 heteroatoms. The number of ether oxygens (including phenoxy) is 1. The second-order valence-corrected chi connectivity index (χ2v) is 8.15. The van der Waals surface area contributed by atoms with Gasteiger partial charge in [-0.1, -0.05) is 35.3 Å². The fourth-order valence-corrected chi connectivity index (χ4v) is 3.40. The number of hydrogen-bond acceptors (Lipinski definition) is 5. The van der Waals surface area contributed by atoms with Gasteiger partial charge in [0.25, 0.3) is 5.19 Å². The van der Waals surface area contributed by atoms with Crippen LogP contribution in [-0.4, -0.2) is 34.2 Å². The Balaban J connectivity index is 1.65. The van der Waals surface area contributed by atoms with Crippen molar-refractivity contribution in [3.63, 3.8) is 0 Å². The molecular formula is C21H22Cl2N4OS. The highest BCUT2D eigenvalue weighted by Gasteiger charge is 2.11. The maximum Gasteiger partial charge on any atom is 0.298 e. The summed E-state index contributed by atoms with van der Waals surface area (Å²) in [5, 5.41) is 1.76. The van der Waals surface area contributed by atoms with E-state index in [-0.39, 0.29) is 0 Å². The molecule has 0 spiro atoms. The fourth-order valence-electron chi connectivity index (χ4n) is 2.48. The van der Waals surface area contributed by atoms with Crippen LogP contribution in [0.1, 0.15) is 23.9 Å². The average molecular weight is 449 g/mol. The third kappa shape index (κ3) is 6.16. The normalized spacial score (nSPS) is 11.2. The fraction of sp³-hybridized carbons (Fsp3) is 0.286. The molecule has 0 bridgehead atoms. The van der Waals surface area contributed by atoms with Crippen molar-refractivity contribution in [3.05, 3.63) is 63.4 Å². The minimum absolute atomic E-state index is 0.497. The summed E-state index contributed by atoms with van der Waals surface area (Å²) in [6.45, 7) is 4.89. The van der Waals surface area contributed by atoms with Crippen LogP contribution in [0.5, 0.6) is 10.9 Å². The predicted octanol–water partition coefficient (Wildman–Crippen LogP) is 6.34. The van der Waals surface area contributed by atoms with Crippen molar-refractivity contribution in [2.45, 2.75) is 26.7 Å². The number of benzene rings is 2. The molecule has 2 aromatic carbocycles. The Morgan fingerprint density at radius 3 is 2.66 bits per heavy atom. The van der Waals surface area contributed by atoms with Crippen LogP contribution < -0.4 is 4.74 Å². The van der Waals surface area contributed by atoms with Crippen LogP contribution in [0, 0.1) is 6.92 Å². The summed E-state index contributed by atoms with van der Waals surface area (Å²) in [6, 6.07) is 11.5. The summed E-state index contributed by atoms with van der Waals surface area (Å²) in [7, 11) is 1.96. The third-order valence-corrected chi connectivity index (χ3v) is 5.52. The van der Waals surface area contributed by atoms with Crippen molar-refractivity contribution in [1.29, 1.82) is 0 Å². The lowest BCUT2D eigenvalue weighted by molar-refractivity contribution is 0.473. The first-order valence-electron chi connectivity index (χ1n) is 9.24. The van der Waals surface area contributed by atoms with E-state index >= 15 is 0 Å². The highest BCUT2D eigenvalue weighted by atomic mass is 35.5. The molecule has 0 atom stereocenters. The smallest absolute Gasteiger partial charge is 0.298 e. The van der Waals surface area contributed by atoms with Crippen LogP contribution in [-0.2, 0) is 12.8 Å². The van der Waals surface area contributed by atoms with E-state index in [1.807, 2.05) is 49.2 Å². The van der Waals surface area contributed by atoms with Crippen LogP contribution in [0.25, 0.3) is 0 Å². The largest absolute Gasteiger partial charge is 0.430 e. The molecule has 0 N–H and O–H groups in total. The Kier molecular flexibility index (Phi) is 7.47. The number of aromatic nitrogens is 2. The SMILES string of the molecule is CCN(C)/C=N\c1cc(C)c(Oc2nc(CCc3ccc(Cl)cc3)ns2)cc1Cl. The summed E-state index contributed by atoms with van der Waals surface area (Å²) in [4.78, 5) is 10.9. The van der Waals surface area contributed by atoms with E-state index in [0.717, 1.165) is 35.8 Å². The lowest BCUT2D eigenvalue weighted by Crippen LogP contribution is -2.14. The highest BCUT2D eigenvalue weighted by molar-refractivity contribution is 7.07. The summed E-state index contributed by atoms with van der Waals surface area (Å²) in [5.41, 5.74) is 2.83. The van der Waals surface area contributed by atoms with Crippen molar-refractivity contribution in [2.75, 3.05) is 13.6 Å². The Morgan fingerprint density at radius 1 is 1.17 bits per heavy atom. The van der Waals surface area contributed by atoms with Crippen LogP contribution in [0.3, 0.4) is 0 Å². The zero-order valence-electron chi connectivity index (χ0n) is 16.5. The lowest BCUT2D eigenvalue weighted by Gasteiger charge is -2.10. The first-order valence-corrected chi connectivity index (χ1v) is 10.8. The van der Waals surface area contributed by atoms with Crippen molar-refractivity contribution in [3.8, 4) is 10.9 Å². The van der Waals surface area contributed by atoms with Crippen LogP contribution in [0.2, 0.25) is 10.0 Å². The summed E-state index contributed by atoms with van der Waals surface area (Å²) < 4.78 is 10.3. The topological polar surface area (TPSA) is 50.6 Å². The molecule has 0 saturated carbocycles. The van der Waals surface area contributed by atoms with Gasteiger partial charge in [-0.2, -0.15) is 9.36 Å². The van der Waals surface area contributed by atoms with Gasteiger partial charge in [-0.05, 0) is 49.6 Å². The van der Waals surface area contributed by atoms with Gasteiger partial charge >= 0.3 is 0 Å². The molecule has 0 aliphatic carbocycles. The molecule has 29 heavy (non-hydrogen) atoms. The summed E-state index contributed by atoms with van der Waals surface area (Å²) in [6.07, 6.45) is 3.34. The molecule has 0 saturated heterocycles. The molecule has 0 unspecified atom stereocenters. The molecule has 3 aromatic rings. The van der Waals surface area contributed by atoms with Crippen LogP contribution in [0.15, 0.2) is 41.4 Å². The maximum atomic E-state index is 6.37.